The Kier molecular flexibility index (Phi) is 10.3. The standard InChI is InChI=1S/C20H32N6O.HI/c1-7-21-20(22-11-16-9-8-15(2)10-19(16)27-6)23-13-18(25(3)4)17-12-24-26(5)14-17;/h8-10,12,14,18H,7,11,13H2,1-6H3,(H2,21,22,23);1H. The van der Waals surface area contributed by atoms with Crippen LogP contribution in [0.3, 0.4) is 0 Å². The van der Waals surface area contributed by atoms with Crippen molar-refractivity contribution >= 4 is 29.9 Å². The zero-order valence-electron chi connectivity index (χ0n) is 17.7. The Bertz CT molecular complexity index is 759. The first kappa shape index (κ1) is 24.2. The smallest absolute Gasteiger partial charge is 0.191 e. The molecule has 0 spiro atoms. The normalized spacial score (nSPS) is 12.5. The molecule has 0 saturated heterocycles. The number of nitrogens with zero attached hydrogens (tertiary/aromatic N) is 4. The van der Waals surface area contributed by atoms with Crippen LogP contribution in [0.15, 0.2) is 35.6 Å². The minimum atomic E-state index is 0. The number of likely N-dealkylation sites (N-methyl/N-ethyl adjacent to an activating group) is 1. The third kappa shape index (κ3) is 6.97. The lowest BCUT2D eigenvalue weighted by Crippen LogP contribution is -2.41. The molecule has 2 N–H and O–H groups in total. The van der Waals surface area contributed by atoms with Crippen LogP contribution in [0.1, 0.15) is 29.7 Å². The van der Waals surface area contributed by atoms with Gasteiger partial charge in [-0.25, -0.2) is 4.99 Å². The van der Waals surface area contributed by atoms with E-state index in [9.17, 15) is 0 Å². The molecule has 2 aromatic rings. The summed E-state index contributed by atoms with van der Waals surface area (Å²) in [6, 6.07) is 6.39. The van der Waals surface area contributed by atoms with Crippen LogP contribution >= 0.6 is 24.0 Å². The Balaban J connectivity index is 0.00000392. The zero-order chi connectivity index (χ0) is 19.8. The quantitative estimate of drug-likeness (QED) is 0.332. The highest BCUT2D eigenvalue weighted by Crippen LogP contribution is 2.20. The van der Waals surface area contributed by atoms with Crippen LogP contribution in [-0.4, -0.2) is 54.9 Å². The van der Waals surface area contributed by atoms with Crippen LogP contribution in [0, 0.1) is 6.92 Å². The molecule has 7 nitrogen and oxygen atoms in total. The number of benzene rings is 1. The number of nitrogens with one attached hydrogen (secondary N) is 2. The number of aliphatic imine (C=N–C) groups is 1. The van der Waals surface area contributed by atoms with Crippen LogP contribution in [0.5, 0.6) is 5.75 Å². The molecular formula is C20H33IN6O. The van der Waals surface area contributed by atoms with Gasteiger partial charge in [-0.3, -0.25) is 4.68 Å². The van der Waals surface area contributed by atoms with Crippen LogP contribution in [-0.2, 0) is 13.6 Å². The van der Waals surface area contributed by atoms with E-state index in [0.29, 0.717) is 6.54 Å². The van der Waals surface area contributed by atoms with E-state index in [1.807, 2.05) is 30.2 Å². The number of aromatic nitrogens is 2. The second kappa shape index (κ2) is 11.9. The largest absolute Gasteiger partial charge is 0.496 e. The number of hydrogen-bond donors (Lipinski definition) is 2. The molecule has 0 bridgehead atoms. The maximum atomic E-state index is 5.48. The van der Waals surface area contributed by atoms with E-state index in [1.54, 1.807) is 7.11 Å². The Morgan fingerprint density at radius 1 is 1.32 bits per heavy atom. The van der Waals surface area contributed by atoms with Crippen molar-refractivity contribution in [1.82, 2.24) is 25.3 Å². The van der Waals surface area contributed by atoms with Gasteiger partial charge in [0.2, 0.25) is 0 Å². The van der Waals surface area contributed by atoms with Gasteiger partial charge in [-0.2, -0.15) is 5.10 Å². The SMILES string of the molecule is CCNC(=NCc1ccc(C)cc1OC)NCC(c1cnn(C)c1)N(C)C.I. The number of hydrogen-bond acceptors (Lipinski definition) is 4. The molecule has 8 heteroatoms. The Morgan fingerprint density at radius 2 is 2.07 bits per heavy atom. The van der Waals surface area contributed by atoms with E-state index in [1.165, 1.54) is 11.1 Å². The van der Waals surface area contributed by atoms with Crippen LogP contribution in [0.25, 0.3) is 0 Å². The summed E-state index contributed by atoms with van der Waals surface area (Å²) in [6.45, 7) is 6.21. The van der Waals surface area contributed by atoms with Crippen molar-refractivity contribution in [3.63, 3.8) is 0 Å². The molecule has 0 aliphatic heterocycles. The van der Waals surface area contributed by atoms with Gasteiger partial charge >= 0.3 is 0 Å². The molecule has 1 unspecified atom stereocenters. The van der Waals surface area contributed by atoms with E-state index in [-0.39, 0.29) is 30.0 Å². The second-order valence-electron chi connectivity index (χ2n) is 6.82. The second-order valence-corrected chi connectivity index (χ2v) is 6.82. The van der Waals surface area contributed by atoms with Crippen LogP contribution in [0.2, 0.25) is 0 Å². The summed E-state index contributed by atoms with van der Waals surface area (Å²) in [5, 5.41) is 11.0. The van der Waals surface area contributed by atoms with Crippen LogP contribution in [0.4, 0.5) is 0 Å². The Hall–Kier alpha value is -1.81. The molecule has 0 fully saturated rings. The first-order chi connectivity index (χ1) is 12.9. The summed E-state index contributed by atoms with van der Waals surface area (Å²) in [5.74, 6) is 1.66. The summed E-state index contributed by atoms with van der Waals surface area (Å²) in [4.78, 5) is 6.90. The lowest BCUT2D eigenvalue weighted by molar-refractivity contribution is 0.298. The number of guanidine groups is 1. The predicted molar refractivity (Wildman–Crippen MR) is 126 cm³/mol. The monoisotopic (exact) mass is 500 g/mol. The van der Waals surface area contributed by atoms with Crippen molar-refractivity contribution in [3.05, 3.63) is 47.3 Å². The molecule has 1 atom stereocenters. The van der Waals surface area contributed by atoms with E-state index in [0.717, 1.165) is 30.4 Å². The lowest BCUT2D eigenvalue weighted by Gasteiger charge is -2.24. The van der Waals surface area contributed by atoms with Gasteiger partial charge in [0, 0.05) is 37.5 Å². The Labute approximate surface area is 185 Å². The molecule has 1 heterocycles. The molecule has 0 aliphatic rings. The van der Waals surface area contributed by atoms with Gasteiger partial charge < -0.3 is 20.3 Å². The Morgan fingerprint density at radius 3 is 2.64 bits per heavy atom. The van der Waals surface area contributed by atoms with Crippen molar-refractivity contribution in [2.75, 3.05) is 34.3 Å². The average Bonchev–Trinajstić information content (AvgIpc) is 3.06. The maximum Gasteiger partial charge on any atom is 0.191 e. The van der Waals surface area contributed by atoms with Crippen LogP contribution < -0.4 is 15.4 Å². The van der Waals surface area contributed by atoms with Gasteiger partial charge in [0.25, 0.3) is 0 Å². The first-order valence-electron chi connectivity index (χ1n) is 9.25. The molecule has 0 radical (unpaired) electrons. The van der Waals surface area contributed by atoms with E-state index >= 15 is 0 Å². The minimum absolute atomic E-state index is 0. The molecule has 1 aromatic carbocycles. The number of aryl methyl sites for hydroxylation is 2. The third-order valence-electron chi connectivity index (χ3n) is 4.39. The van der Waals surface area contributed by atoms with Crippen molar-refractivity contribution in [2.24, 2.45) is 12.0 Å². The highest BCUT2D eigenvalue weighted by molar-refractivity contribution is 14.0. The molecule has 2 rings (SSSR count). The molecule has 0 amide bonds. The van der Waals surface area contributed by atoms with Crippen molar-refractivity contribution in [2.45, 2.75) is 26.4 Å². The van der Waals surface area contributed by atoms with Gasteiger partial charge in [0.1, 0.15) is 5.75 Å². The topological polar surface area (TPSA) is 66.7 Å². The molecular weight excluding hydrogens is 467 g/mol. The maximum absolute atomic E-state index is 5.48. The number of halogens is 1. The molecule has 156 valence electrons. The van der Waals surface area contributed by atoms with Crippen molar-refractivity contribution in [1.29, 1.82) is 0 Å². The van der Waals surface area contributed by atoms with Crippen molar-refractivity contribution < 1.29 is 4.74 Å². The summed E-state index contributed by atoms with van der Waals surface area (Å²) in [6.07, 6.45) is 3.96. The average molecular weight is 500 g/mol. The summed E-state index contributed by atoms with van der Waals surface area (Å²) >= 11 is 0. The number of rotatable bonds is 8. The van der Waals surface area contributed by atoms with E-state index in [2.05, 4.69) is 60.7 Å². The first-order valence-corrected chi connectivity index (χ1v) is 9.25. The molecule has 0 saturated carbocycles. The minimum Gasteiger partial charge on any atom is -0.496 e. The fraction of sp³-hybridized carbons (Fsp3) is 0.500. The van der Waals surface area contributed by atoms with Gasteiger partial charge in [0.15, 0.2) is 5.96 Å². The van der Waals surface area contributed by atoms with Gasteiger partial charge in [-0.1, -0.05) is 12.1 Å². The third-order valence-corrected chi connectivity index (χ3v) is 4.39. The fourth-order valence-corrected chi connectivity index (χ4v) is 2.89. The number of ether oxygens (including phenoxy) is 1. The summed E-state index contributed by atoms with van der Waals surface area (Å²) in [5.41, 5.74) is 3.41. The van der Waals surface area contributed by atoms with E-state index < -0.39 is 0 Å². The van der Waals surface area contributed by atoms with Gasteiger partial charge in [0.05, 0.1) is 25.9 Å². The highest BCUT2D eigenvalue weighted by Gasteiger charge is 2.16. The van der Waals surface area contributed by atoms with E-state index in [4.69, 9.17) is 9.73 Å². The van der Waals surface area contributed by atoms with Gasteiger partial charge in [-0.15, -0.1) is 24.0 Å². The molecule has 28 heavy (non-hydrogen) atoms. The summed E-state index contributed by atoms with van der Waals surface area (Å²) in [7, 11) is 7.77. The highest BCUT2D eigenvalue weighted by atomic mass is 127. The predicted octanol–water partition coefficient (Wildman–Crippen LogP) is 2.71. The number of methoxy groups -OCH3 is 1. The molecule has 0 aliphatic carbocycles. The van der Waals surface area contributed by atoms with Gasteiger partial charge in [-0.05, 0) is 39.6 Å². The van der Waals surface area contributed by atoms with Crippen molar-refractivity contribution in [3.8, 4) is 5.75 Å². The fourth-order valence-electron chi connectivity index (χ4n) is 2.89. The lowest BCUT2D eigenvalue weighted by atomic mass is 10.1. The summed E-state index contributed by atoms with van der Waals surface area (Å²) < 4.78 is 7.31. The molecule has 1 aromatic heterocycles. The zero-order valence-corrected chi connectivity index (χ0v) is 20.0.